The lowest BCUT2D eigenvalue weighted by Crippen LogP contribution is -2.25. The number of Topliss-reactive ketones (excluding diaryl/α,β-unsaturated/α-hetero) is 1. The maximum atomic E-state index is 12.8. The van der Waals surface area contributed by atoms with Gasteiger partial charge in [-0.1, -0.05) is 18.2 Å². The highest BCUT2D eigenvalue weighted by molar-refractivity contribution is 5.98. The number of ketones is 1. The number of aliphatic hydroxyl groups is 1. The second kappa shape index (κ2) is 9.72. The molecule has 178 valence electrons. The van der Waals surface area contributed by atoms with Crippen LogP contribution in [0, 0.1) is 0 Å². The van der Waals surface area contributed by atoms with E-state index < -0.39 is 0 Å². The summed E-state index contributed by atoms with van der Waals surface area (Å²) in [5.41, 5.74) is 5.75. The molecule has 7 nitrogen and oxygen atoms in total. The number of aromatic nitrogens is 2. The normalized spacial score (nSPS) is 13.1. The number of rotatable bonds is 9. The van der Waals surface area contributed by atoms with Gasteiger partial charge in [-0.05, 0) is 66.9 Å². The van der Waals surface area contributed by atoms with E-state index in [4.69, 9.17) is 5.11 Å². The van der Waals surface area contributed by atoms with Crippen LogP contribution in [0.1, 0.15) is 39.1 Å². The van der Waals surface area contributed by atoms with Gasteiger partial charge in [0.1, 0.15) is 5.82 Å². The van der Waals surface area contributed by atoms with Crippen LogP contribution in [0.5, 0.6) is 0 Å². The molecule has 1 aromatic heterocycles. The summed E-state index contributed by atoms with van der Waals surface area (Å²) in [4.78, 5) is 35.0. The van der Waals surface area contributed by atoms with E-state index in [0.717, 1.165) is 46.5 Å². The molecule has 4 aromatic rings. The number of aromatic amines is 1. The maximum absolute atomic E-state index is 12.8. The minimum Gasteiger partial charge on any atom is -0.395 e. The van der Waals surface area contributed by atoms with Crippen molar-refractivity contribution in [1.29, 1.82) is 0 Å². The van der Waals surface area contributed by atoms with Gasteiger partial charge in [-0.2, -0.15) is 0 Å². The fourth-order valence-corrected chi connectivity index (χ4v) is 4.05. The number of nitrogens with one attached hydrogen (secondary N) is 2. The van der Waals surface area contributed by atoms with E-state index in [1.165, 1.54) is 0 Å². The Morgan fingerprint density at radius 1 is 1.03 bits per heavy atom. The summed E-state index contributed by atoms with van der Waals surface area (Å²) in [7, 11) is 1.90. The molecular weight excluding hydrogens is 440 g/mol. The molecule has 1 aliphatic rings. The summed E-state index contributed by atoms with van der Waals surface area (Å²) in [5, 5.41) is 12.1. The number of aliphatic hydroxyl groups excluding tert-OH is 1. The van der Waals surface area contributed by atoms with Gasteiger partial charge in [-0.25, -0.2) is 4.98 Å². The van der Waals surface area contributed by atoms with Crippen molar-refractivity contribution in [1.82, 2.24) is 15.3 Å². The van der Waals surface area contributed by atoms with Crippen molar-refractivity contribution >= 4 is 28.4 Å². The molecule has 0 bridgehead atoms. The predicted molar refractivity (Wildman–Crippen MR) is 137 cm³/mol. The first-order valence-electron chi connectivity index (χ1n) is 11.9. The number of hydrogen-bond donors (Lipinski definition) is 3. The van der Waals surface area contributed by atoms with E-state index in [1.54, 1.807) is 0 Å². The lowest BCUT2D eigenvalue weighted by Gasteiger charge is -2.17. The maximum Gasteiger partial charge on any atom is 0.251 e. The van der Waals surface area contributed by atoms with Crippen LogP contribution in [0.2, 0.25) is 0 Å². The van der Waals surface area contributed by atoms with Crippen molar-refractivity contribution in [2.45, 2.75) is 25.3 Å². The summed E-state index contributed by atoms with van der Waals surface area (Å²) in [6.07, 6.45) is 2.41. The molecule has 1 aliphatic carbocycles. The SMILES string of the molecule is CN(CCO)c1ccc(C(=O)Cc2ccc3nc(-c4ccc(C(=O)NC5CC5)cc4)[nH]c3c2)cc1. The van der Waals surface area contributed by atoms with Crippen LogP contribution >= 0.6 is 0 Å². The third kappa shape index (κ3) is 5.25. The molecule has 0 radical (unpaired) electrons. The van der Waals surface area contributed by atoms with Crippen molar-refractivity contribution in [3.63, 3.8) is 0 Å². The zero-order valence-corrected chi connectivity index (χ0v) is 19.6. The fraction of sp³-hybridized carbons (Fsp3) is 0.250. The Labute approximate surface area is 203 Å². The molecule has 5 rings (SSSR count). The smallest absolute Gasteiger partial charge is 0.251 e. The highest BCUT2D eigenvalue weighted by Gasteiger charge is 2.23. The predicted octanol–water partition coefficient (Wildman–Crippen LogP) is 3.98. The molecule has 0 spiro atoms. The Kier molecular flexibility index (Phi) is 6.33. The Bertz CT molecular complexity index is 1360. The first-order valence-corrected chi connectivity index (χ1v) is 11.9. The number of carbonyl (C=O) groups excluding carboxylic acids is 2. The van der Waals surface area contributed by atoms with E-state index >= 15 is 0 Å². The Morgan fingerprint density at radius 2 is 1.74 bits per heavy atom. The van der Waals surface area contributed by atoms with Crippen LogP contribution in [0.3, 0.4) is 0 Å². The number of anilines is 1. The second-order valence-corrected chi connectivity index (χ2v) is 9.05. The summed E-state index contributed by atoms with van der Waals surface area (Å²) in [6, 6.07) is 21.0. The molecule has 0 aliphatic heterocycles. The highest BCUT2D eigenvalue weighted by atomic mass is 16.3. The number of likely N-dealkylation sites (N-methyl/N-ethyl adjacent to an activating group) is 1. The number of benzene rings is 3. The largest absolute Gasteiger partial charge is 0.395 e. The van der Waals surface area contributed by atoms with Gasteiger partial charge >= 0.3 is 0 Å². The topological polar surface area (TPSA) is 98.3 Å². The van der Waals surface area contributed by atoms with Gasteiger partial charge in [-0.3, -0.25) is 9.59 Å². The number of imidazole rings is 1. The first-order chi connectivity index (χ1) is 17.0. The van der Waals surface area contributed by atoms with Crippen molar-refractivity contribution in [3.05, 3.63) is 83.4 Å². The van der Waals surface area contributed by atoms with Crippen molar-refractivity contribution in [2.75, 3.05) is 25.1 Å². The summed E-state index contributed by atoms with van der Waals surface area (Å²) in [6.45, 7) is 0.622. The zero-order chi connectivity index (χ0) is 24.4. The Hall–Kier alpha value is -3.97. The number of nitrogens with zero attached hydrogens (tertiary/aromatic N) is 2. The monoisotopic (exact) mass is 468 g/mol. The van der Waals surface area contributed by atoms with Gasteiger partial charge in [0.15, 0.2) is 5.78 Å². The minimum atomic E-state index is -0.0372. The van der Waals surface area contributed by atoms with Crippen LogP contribution in [-0.2, 0) is 6.42 Å². The van der Waals surface area contributed by atoms with E-state index in [1.807, 2.05) is 78.7 Å². The van der Waals surface area contributed by atoms with Gasteiger partial charge in [0.25, 0.3) is 5.91 Å². The lowest BCUT2D eigenvalue weighted by molar-refractivity contribution is 0.0949. The number of H-pyrrole nitrogens is 1. The van der Waals surface area contributed by atoms with Crippen LogP contribution in [0.15, 0.2) is 66.7 Å². The first kappa shape index (κ1) is 22.8. The van der Waals surface area contributed by atoms with E-state index in [9.17, 15) is 9.59 Å². The standard InChI is InChI=1S/C28H28N4O3/c1-32(14-15-33)23-11-7-19(8-12-23)26(34)17-18-2-13-24-25(16-18)31-27(30-24)20-3-5-21(6-4-20)28(35)29-22-9-10-22/h2-8,11-13,16,22,33H,9-10,14-15,17H2,1H3,(H,29,35)(H,30,31). The van der Waals surface area contributed by atoms with Gasteiger partial charge < -0.3 is 20.3 Å². The summed E-state index contributed by atoms with van der Waals surface area (Å²) < 4.78 is 0. The lowest BCUT2D eigenvalue weighted by atomic mass is 10.0. The third-order valence-corrected chi connectivity index (χ3v) is 6.31. The number of amides is 1. The van der Waals surface area contributed by atoms with Gasteiger partial charge in [0.2, 0.25) is 0 Å². The second-order valence-electron chi connectivity index (χ2n) is 9.05. The van der Waals surface area contributed by atoms with Crippen LogP contribution in [0.4, 0.5) is 5.69 Å². The van der Waals surface area contributed by atoms with Crippen LogP contribution < -0.4 is 10.2 Å². The van der Waals surface area contributed by atoms with Crippen molar-refractivity contribution in [3.8, 4) is 11.4 Å². The molecule has 1 amide bonds. The molecule has 1 saturated carbocycles. The van der Waals surface area contributed by atoms with Crippen molar-refractivity contribution < 1.29 is 14.7 Å². The fourth-order valence-electron chi connectivity index (χ4n) is 4.05. The number of fused-ring (bicyclic) bond motifs is 1. The van der Waals surface area contributed by atoms with Crippen LogP contribution in [-0.4, -0.2) is 53.0 Å². The molecule has 0 saturated heterocycles. The molecular formula is C28H28N4O3. The molecule has 1 heterocycles. The van der Waals surface area contributed by atoms with Crippen molar-refractivity contribution in [2.24, 2.45) is 0 Å². The van der Waals surface area contributed by atoms with E-state index in [2.05, 4.69) is 15.3 Å². The molecule has 0 unspecified atom stereocenters. The molecule has 1 fully saturated rings. The summed E-state index contributed by atoms with van der Waals surface area (Å²) in [5.74, 6) is 0.727. The molecule has 3 aromatic carbocycles. The highest BCUT2D eigenvalue weighted by Crippen LogP contribution is 2.24. The van der Waals surface area contributed by atoms with E-state index in [-0.39, 0.29) is 18.3 Å². The third-order valence-electron chi connectivity index (χ3n) is 6.31. The van der Waals surface area contributed by atoms with E-state index in [0.29, 0.717) is 30.1 Å². The van der Waals surface area contributed by atoms with Gasteiger partial charge in [0.05, 0.1) is 17.6 Å². The zero-order valence-electron chi connectivity index (χ0n) is 19.6. The minimum absolute atomic E-state index is 0.0372. The molecule has 7 heteroatoms. The molecule has 3 N–H and O–H groups in total. The quantitative estimate of drug-likeness (QED) is 0.323. The molecule has 35 heavy (non-hydrogen) atoms. The molecule has 0 atom stereocenters. The average molecular weight is 469 g/mol. The summed E-state index contributed by atoms with van der Waals surface area (Å²) >= 11 is 0. The Morgan fingerprint density at radius 3 is 2.43 bits per heavy atom. The van der Waals surface area contributed by atoms with Crippen LogP contribution in [0.25, 0.3) is 22.4 Å². The van der Waals surface area contributed by atoms with Gasteiger partial charge in [0, 0.05) is 48.4 Å². The number of carbonyl (C=O) groups is 2. The number of hydrogen-bond acceptors (Lipinski definition) is 5. The average Bonchev–Trinajstić information content (AvgIpc) is 3.59. The van der Waals surface area contributed by atoms with Gasteiger partial charge in [-0.15, -0.1) is 0 Å². The Balaban J connectivity index is 1.28.